The number of rotatable bonds is 3. The van der Waals surface area contributed by atoms with Crippen LogP contribution in [0.3, 0.4) is 0 Å². The first-order valence-corrected chi connectivity index (χ1v) is 10.4. The van der Waals surface area contributed by atoms with Crippen molar-refractivity contribution in [1.82, 2.24) is 14.2 Å². The third-order valence-corrected chi connectivity index (χ3v) is 6.34. The molecule has 9 heteroatoms. The summed E-state index contributed by atoms with van der Waals surface area (Å²) < 4.78 is 38.1. The Balaban J connectivity index is 1.84. The van der Waals surface area contributed by atoms with Crippen LogP contribution in [0.4, 0.5) is 4.39 Å². The fourth-order valence-corrected chi connectivity index (χ4v) is 4.50. The van der Waals surface area contributed by atoms with Crippen LogP contribution in [0.15, 0.2) is 24.3 Å². The van der Waals surface area contributed by atoms with Gasteiger partial charge in [-0.25, -0.2) is 17.8 Å². The van der Waals surface area contributed by atoms with Gasteiger partial charge in [-0.05, 0) is 24.6 Å². The van der Waals surface area contributed by atoms with Gasteiger partial charge < -0.3 is 4.90 Å². The van der Waals surface area contributed by atoms with E-state index in [1.807, 2.05) is 0 Å². The lowest BCUT2D eigenvalue weighted by atomic mass is 10.1. The normalized spacial score (nSPS) is 16.2. The van der Waals surface area contributed by atoms with Crippen molar-refractivity contribution in [3.63, 3.8) is 0 Å². The zero-order chi connectivity index (χ0) is 18.2. The topological polar surface area (TPSA) is 70.6 Å². The van der Waals surface area contributed by atoms with Crippen molar-refractivity contribution < 1.29 is 17.6 Å². The number of carbonyl (C=O) groups excluding carboxylic acids is 1. The van der Waals surface area contributed by atoms with Crippen molar-refractivity contribution in [1.29, 1.82) is 0 Å². The van der Waals surface area contributed by atoms with Crippen molar-refractivity contribution in [2.75, 3.05) is 32.4 Å². The van der Waals surface area contributed by atoms with Gasteiger partial charge >= 0.3 is 0 Å². The molecule has 0 atom stereocenters. The van der Waals surface area contributed by atoms with E-state index in [-0.39, 0.29) is 24.8 Å². The van der Waals surface area contributed by atoms with Gasteiger partial charge in [0, 0.05) is 26.2 Å². The maximum atomic E-state index is 13.5. The summed E-state index contributed by atoms with van der Waals surface area (Å²) in [5.74, 6) is -0.625. The molecule has 0 N–H and O–H groups in total. The first-order valence-electron chi connectivity index (χ1n) is 7.73. The second kappa shape index (κ2) is 6.81. The molecule has 2 aromatic rings. The zero-order valence-electron chi connectivity index (χ0n) is 13.9. The van der Waals surface area contributed by atoms with Crippen LogP contribution in [-0.4, -0.2) is 60.9 Å². The van der Waals surface area contributed by atoms with Gasteiger partial charge in [0.15, 0.2) is 0 Å². The molecule has 1 aromatic heterocycles. The summed E-state index contributed by atoms with van der Waals surface area (Å²) in [4.78, 5) is 19.4. The number of piperazine rings is 1. The van der Waals surface area contributed by atoms with Gasteiger partial charge in [0.2, 0.25) is 10.0 Å². The van der Waals surface area contributed by atoms with E-state index in [2.05, 4.69) is 4.98 Å². The number of halogens is 1. The molecule has 1 amide bonds. The number of nitrogens with zero attached hydrogens (tertiary/aromatic N) is 3. The minimum Gasteiger partial charge on any atom is -0.335 e. The Morgan fingerprint density at radius 3 is 2.52 bits per heavy atom. The molecule has 25 heavy (non-hydrogen) atoms. The number of carbonyl (C=O) groups is 1. The molecule has 6 nitrogen and oxygen atoms in total. The summed E-state index contributed by atoms with van der Waals surface area (Å²) >= 11 is 1.34. The summed E-state index contributed by atoms with van der Waals surface area (Å²) in [6.45, 7) is 2.95. The molecule has 1 aliphatic heterocycles. The van der Waals surface area contributed by atoms with E-state index in [0.29, 0.717) is 29.2 Å². The number of sulfonamides is 1. The predicted octanol–water partition coefficient (Wildman–Crippen LogP) is 1.98. The Morgan fingerprint density at radius 1 is 1.24 bits per heavy atom. The average Bonchev–Trinajstić information content (AvgIpc) is 2.95. The lowest BCUT2D eigenvalue weighted by Gasteiger charge is -2.33. The fraction of sp³-hybridized carbons (Fsp3) is 0.375. The van der Waals surface area contributed by atoms with Crippen molar-refractivity contribution in [2.24, 2.45) is 0 Å². The van der Waals surface area contributed by atoms with Crippen LogP contribution in [0.25, 0.3) is 10.4 Å². The first kappa shape index (κ1) is 18.0. The van der Waals surface area contributed by atoms with Gasteiger partial charge in [-0.1, -0.05) is 12.1 Å². The smallest absolute Gasteiger partial charge is 0.274 e. The van der Waals surface area contributed by atoms with Crippen LogP contribution in [0.5, 0.6) is 0 Å². The third kappa shape index (κ3) is 3.88. The Hall–Kier alpha value is -1.84. The zero-order valence-corrected chi connectivity index (χ0v) is 15.5. The van der Waals surface area contributed by atoms with E-state index in [0.717, 1.165) is 11.3 Å². The number of benzene rings is 1. The Labute approximate surface area is 150 Å². The average molecular weight is 383 g/mol. The van der Waals surface area contributed by atoms with Crippen molar-refractivity contribution >= 4 is 27.3 Å². The monoisotopic (exact) mass is 383 g/mol. The second-order valence-corrected chi connectivity index (χ2v) is 9.06. The van der Waals surface area contributed by atoms with Crippen molar-refractivity contribution in [3.8, 4) is 10.4 Å². The standard InChI is InChI=1S/C16H18FN3O3S2/c1-11-18-14(15(24-11)12-4-3-5-13(17)10-12)16(21)19-6-8-20(9-7-19)25(2,22)23/h3-5,10H,6-9H2,1-2H3. The molecule has 0 aliphatic carbocycles. The van der Waals surface area contributed by atoms with Gasteiger partial charge in [0.25, 0.3) is 5.91 Å². The molecule has 3 rings (SSSR count). The number of hydrogen-bond acceptors (Lipinski definition) is 5. The van der Waals surface area contributed by atoms with Crippen LogP contribution in [0, 0.1) is 12.7 Å². The van der Waals surface area contributed by atoms with E-state index in [1.54, 1.807) is 24.0 Å². The lowest BCUT2D eigenvalue weighted by Crippen LogP contribution is -2.50. The summed E-state index contributed by atoms with van der Waals surface area (Å²) in [7, 11) is -3.25. The SMILES string of the molecule is Cc1nc(C(=O)N2CCN(S(C)(=O)=O)CC2)c(-c2cccc(F)c2)s1. The molecular formula is C16H18FN3O3S2. The maximum Gasteiger partial charge on any atom is 0.274 e. The molecular weight excluding hydrogens is 365 g/mol. The minimum absolute atomic E-state index is 0.253. The highest BCUT2D eigenvalue weighted by Gasteiger charge is 2.29. The molecule has 0 unspecified atom stereocenters. The Bertz CT molecular complexity index is 903. The molecule has 1 saturated heterocycles. The van der Waals surface area contributed by atoms with Crippen LogP contribution < -0.4 is 0 Å². The highest BCUT2D eigenvalue weighted by atomic mass is 32.2. The molecule has 1 fully saturated rings. The number of aryl methyl sites for hydroxylation is 1. The molecule has 2 heterocycles. The van der Waals surface area contributed by atoms with Crippen molar-refractivity contribution in [2.45, 2.75) is 6.92 Å². The number of amides is 1. The first-order chi connectivity index (χ1) is 11.8. The van der Waals surface area contributed by atoms with Crippen LogP contribution in [0.2, 0.25) is 0 Å². The number of aromatic nitrogens is 1. The quantitative estimate of drug-likeness (QED) is 0.813. The van der Waals surface area contributed by atoms with Gasteiger partial charge in [0.05, 0.1) is 16.1 Å². The predicted molar refractivity (Wildman–Crippen MR) is 94.6 cm³/mol. The summed E-state index contributed by atoms with van der Waals surface area (Å²) in [5, 5.41) is 0.720. The molecule has 1 aromatic carbocycles. The highest BCUT2D eigenvalue weighted by molar-refractivity contribution is 7.88. The second-order valence-electron chi connectivity index (χ2n) is 5.88. The number of thiazole rings is 1. The van der Waals surface area contributed by atoms with Crippen LogP contribution in [-0.2, 0) is 10.0 Å². The number of hydrogen-bond donors (Lipinski definition) is 0. The van der Waals surface area contributed by atoms with E-state index in [4.69, 9.17) is 0 Å². The van der Waals surface area contributed by atoms with Gasteiger partial charge in [-0.3, -0.25) is 4.79 Å². The van der Waals surface area contributed by atoms with E-state index in [1.165, 1.54) is 27.8 Å². The Morgan fingerprint density at radius 2 is 1.92 bits per heavy atom. The molecule has 1 aliphatic rings. The summed E-state index contributed by atoms with van der Waals surface area (Å²) in [5.41, 5.74) is 0.907. The van der Waals surface area contributed by atoms with Gasteiger partial charge in [0.1, 0.15) is 11.5 Å². The summed E-state index contributed by atoms with van der Waals surface area (Å²) in [6, 6.07) is 6.07. The molecule has 0 radical (unpaired) electrons. The molecule has 134 valence electrons. The van der Waals surface area contributed by atoms with E-state index < -0.39 is 10.0 Å². The van der Waals surface area contributed by atoms with Crippen LogP contribution >= 0.6 is 11.3 Å². The fourth-order valence-electron chi connectivity index (χ4n) is 2.77. The van der Waals surface area contributed by atoms with Crippen molar-refractivity contribution in [3.05, 3.63) is 40.8 Å². The van der Waals surface area contributed by atoms with Gasteiger partial charge in [-0.2, -0.15) is 4.31 Å². The Kier molecular flexibility index (Phi) is 4.90. The van der Waals surface area contributed by atoms with E-state index >= 15 is 0 Å². The van der Waals surface area contributed by atoms with Gasteiger partial charge in [-0.15, -0.1) is 11.3 Å². The highest BCUT2D eigenvalue weighted by Crippen LogP contribution is 2.31. The summed E-state index contributed by atoms with van der Waals surface area (Å²) in [6.07, 6.45) is 1.16. The third-order valence-electron chi connectivity index (χ3n) is 4.02. The van der Waals surface area contributed by atoms with Crippen LogP contribution in [0.1, 0.15) is 15.5 Å². The largest absolute Gasteiger partial charge is 0.335 e. The van der Waals surface area contributed by atoms with E-state index in [9.17, 15) is 17.6 Å². The molecule has 0 saturated carbocycles. The molecule has 0 bridgehead atoms. The molecule has 0 spiro atoms. The maximum absolute atomic E-state index is 13.5. The minimum atomic E-state index is -3.25. The lowest BCUT2D eigenvalue weighted by molar-refractivity contribution is 0.0693.